The molecule has 3 rings (SSSR count). The van der Waals surface area contributed by atoms with Gasteiger partial charge in [0.25, 0.3) is 0 Å². The average molecular weight is 317 g/mol. The quantitative estimate of drug-likeness (QED) is 0.747. The number of nitrogens with zero attached hydrogens (tertiary/aromatic N) is 2. The third-order valence-electron chi connectivity index (χ3n) is 4.27. The lowest BCUT2D eigenvalue weighted by molar-refractivity contribution is -0.123. The Labute approximate surface area is 135 Å². The van der Waals surface area contributed by atoms with Crippen molar-refractivity contribution < 1.29 is 9.53 Å². The molecule has 7 nitrogen and oxygen atoms in total. The largest absolute Gasteiger partial charge is 0.492 e. The minimum Gasteiger partial charge on any atom is -0.492 e. The highest BCUT2D eigenvalue weighted by Crippen LogP contribution is 2.31. The summed E-state index contributed by atoms with van der Waals surface area (Å²) >= 11 is 0. The minimum absolute atomic E-state index is 0.163. The smallest absolute Gasteiger partial charge is 0.245 e. The molecule has 4 N–H and O–H groups in total. The van der Waals surface area contributed by atoms with Crippen molar-refractivity contribution in [3.8, 4) is 5.75 Å². The van der Waals surface area contributed by atoms with Crippen molar-refractivity contribution in [2.75, 3.05) is 32.6 Å². The lowest BCUT2D eigenvalue weighted by atomic mass is 9.77. The first-order chi connectivity index (χ1) is 11.0. The Hall–Kier alpha value is -2.12. The molecule has 2 aromatic rings. The van der Waals surface area contributed by atoms with Gasteiger partial charge in [-0.1, -0.05) is 0 Å². The summed E-state index contributed by atoms with van der Waals surface area (Å²) in [6, 6.07) is 5.66. The highest BCUT2D eigenvalue weighted by molar-refractivity contribution is 6.04. The molecule has 1 aromatic heterocycles. The van der Waals surface area contributed by atoms with Crippen LogP contribution in [0.3, 0.4) is 0 Å². The van der Waals surface area contributed by atoms with Crippen molar-refractivity contribution in [1.29, 1.82) is 0 Å². The van der Waals surface area contributed by atoms with Gasteiger partial charge in [-0.15, -0.1) is 0 Å². The molecule has 1 aliphatic rings. The van der Waals surface area contributed by atoms with Gasteiger partial charge in [-0.3, -0.25) is 9.89 Å². The second-order valence-electron chi connectivity index (χ2n) is 6.40. The molecule has 1 aromatic carbocycles. The molecule has 7 heteroatoms. The topological polar surface area (TPSA) is 96.3 Å². The van der Waals surface area contributed by atoms with E-state index in [2.05, 4.69) is 20.4 Å². The highest BCUT2D eigenvalue weighted by Gasteiger charge is 2.40. The predicted octanol–water partition coefficient (Wildman–Crippen LogP) is 1.32. The number of carbonyl (C=O) groups is 1. The molecular weight excluding hydrogens is 294 g/mol. The fourth-order valence-electron chi connectivity index (χ4n) is 2.55. The average Bonchev–Trinajstić information content (AvgIpc) is 2.87. The molecule has 0 saturated heterocycles. The van der Waals surface area contributed by atoms with Crippen LogP contribution < -0.4 is 15.8 Å². The minimum atomic E-state index is -0.736. The number of carbonyl (C=O) groups excluding carboxylic acids is 1. The molecule has 0 atom stereocenters. The molecule has 0 radical (unpaired) electrons. The number of ether oxygens (including phenoxy) is 1. The summed E-state index contributed by atoms with van der Waals surface area (Å²) in [5.41, 5.74) is 6.12. The van der Waals surface area contributed by atoms with Gasteiger partial charge in [0.1, 0.15) is 12.4 Å². The highest BCUT2D eigenvalue weighted by atomic mass is 16.5. The van der Waals surface area contributed by atoms with Gasteiger partial charge in [0.05, 0.1) is 11.1 Å². The van der Waals surface area contributed by atoms with E-state index < -0.39 is 5.54 Å². The molecule has 124 valence electrons. The van der Waals surface area contributed by atoms with Crippen LogP contribution in [-0.2, 0) is 4.79 Å². The number of H-pyrrole nitrogens is 1. The van der Waals surface area contributed by atoms with Gasteiger partial charge in [0.15, 0.2) is 5.82 Å². The second-order valence-corrected chi connectivity index (χ2v) is 6.40. The molecular formula is C16H23N5O2. The van der Waals surface area contributed by atoms with E-state index in [0.29, 0.717) is 12.4 Å². The van der Waals surface area contributed by atoms with Gasteiger partial charge in [-0.25, -0.2) is 0 Å². The number of benzene rings is 1. The van der Waals surface area contributed by atoms with Crippen molar-refractivity contribution in [2.45, 2.75) is 24.8 Å². The summed E-state index contributed by atoms with van der Waals surface area (Å²) in [6.07, 6.45) is 2.45. The Balaban J connectivity index is 1.70. The molecule has 0 bridgehead atoms. The maximum Gasteiger partial charge on any atom is 0.245 e. The molecule has 1 saturated carbocycles. The van der Waals surface area contributed by atoms with Crippen LogP contribution in [0.4, 0.5) is 5.82 Å². The van der Waals surface area contributed by atoms with E-state index in [1.165, 1.54) is 0 Å². The van der Waals surface area contributed by atoms with Crippen molar-refractivity contribution >= 4 is 22.6 Å². The van der Waals surface area contributed by atoms with E-state index in [0.717, 1.165) is 42.5 Å². The van der Waals surface area contributed by atoms with Crippen LogP contribution in [0.5, 0.6) is 5.75 Å². The molecule has 1 heterocycles. The van der Waals surface area contributed by atoms with E-state index >= 15 is 0 Å². The number of rotatable bonds is 6. The van der Waals surface area contributed by atoms with E-state index in [-0.39, 0.29) is 5.91 Å². The van der Waals surface area contributed by atoms with Crippen LogP contribution in [0.1, 0.15) is 19.3 Å². The summed E-state index contributed by atoms with van der Waals surface area (Å²) in [6.45, 7) is 1.47. The van der Waals surface area contributed by atoms with Crippen molar-refractivity contribution in [3.63, 3.8) is 0 Å². The zero-order valence-corrected chi connectivity index (χ0v) is 13.6. The number of fused-ring (bicyclic) bond motifs is 1. The van der Waals surface area contributed by atoms with Crippen molar-refractivity contribution in [2.24, 2.45) is 5.73 Å². The first-order valence-corrected chi connectivity index (χ1v) is 7.84. The maximum absolute atomic E-state index is 12.2. The summed E-state index contributed by atoms with van der Waals surface area (Å²) in [5, 5.41) is 10.8. The molecule has 0 spiro atoms. The summed E-state index contributed by atoms with van der Waals surface area (Å²) in [4.78, 5) is 14.3. The zero-order chi connectivity index (χ0) is 16.4. The van der Waals surface area contributed by atoms with Gasteiger partial charge < -0.3 is 20.7 Å². The third kappa shape index (κ3) is 3.30. The van der Waals surface area contributed by atoms with E-state index in [9.17, 15) is 4.79 Å². The molecule has 0 aliphatic heterocycles. The fraction of sp³-hybridized carbons (Fsp3) is 0.500. The standard InChI is InChI=1S/C16H23N5O2/c1-21(2)8-9-23-11-4-5-12-13(10-11)19-20-14(12)18-15(22)16(17)6-3-7-16/h4-5,10H,3,6-9,17H2,1-2H3,(H2,18,19,20,22). The number of nitrogens with two attached hydrogens (primary N) is 1. The lowest BCUT2D eigenvalue weighted by Gasteiger charge is -2.35. The predicted molar refractivity (Wildman–Crippen MR) is 89.5 cm³/mol. The van der Waals surface area contributed by atoms with E-state index in [1.54, 1.807) is 0 Å². The third-order valence-corrected chi connectivity index (χ3v) is 4.27. The number of amides is 1. The zero-order valence-electron chi connectivity index (χ0n) is 13.6. The van der Waals surface area contributed by atoms with Gasteiger partial charge in [0.2, 0.25) is 5.91 Å². The molecule has 1 aliphatic carbocycles. The first-order valence-electron chi connectivity index (χ1n) is 7.84. The Morgan fingerprint density at radius 1 is 1.48 bits per heavy atom. The van der Waals surface area contributed by atoms with E-state index in [1.807, 2.05) is 32.3 Å². The van der Waals surface area contributed by atoms with Crippen LogP contribution >= 0.6 is 0 Å². The number of hydrogen-bond donors (Lipinski definition) is 3. The van der Waals surface area contributed by atoms with Gasteiger partial charge in [0, 0.05) is 18.0 Å². The lowest BCUT2D eigenvalue weighted by Crippen LogP contribution is -2.56. The summed E-state index contributed by atoms with van der Waals surface area (Å²) < 4.78 is 5.70. The number of hydrogen-bond acceptors (Lipinski definition) is 5. The Morgan fingerprint density at radius 2 is 2.26 bits per heavy atom. The van der Waals surface area contributed by atoms with E-state index in [4.69, 9.17) is 10.5 Å². The van der Waals surface area contributed by atoms with Crippen LogP contribution in [-0.4, -0.2) is 53.8 Å². The Bertz CT molecular complexity index is 706. The van der Waals surface area contributed by atoms with Crippen LogP contribution in [0.15, 0.2) is 18.2 Å². The maximum atomic E-state index is 12.2. The van der Waals surface area contributed by atoms with Crippen molar-refractivity contribution in [3.05, 3.63) is 18.2 Å². The number of likely N-dealkylation sites (N-methyl/N-ethyl adjacent to an activating group) is 1. The fourth-order valence-corrected chi connectivity index (χ4v) is 2.55. The van der Waals surface area contributed by atoms with Gasteiger partial charge in [-0.05, 0) is 45.5 Å². The first kappa shape index (κ1) is 15.8. The Morgan fingerprint density at radius 3 is 2.91 bits per heavy atom. The molecule has 1 amide bonds. The number of aromatic nitrogens is 2. The van der Waals surface area contributed by atoms with Crippen LogP contribution in [0.25, 0.3) is 10.9 Å². The van der Waals surface area contributed by atoms with Crippen LogP contribution in [0.2, 0.25) is 0 Å². The molecule has 1 fully saturated rings. The van der Waals surface area contributed by atoms with Crippen LogP contribution in [0, 0.1) is 0 Å². The number of anilines is 1. The van der Waals surface area contributed by atoms with Crippen molar-refractivity contribution in [1.82, 2.24) is 15.1 Å². The number of nitrogens with one attached hydrogen (secondary N) is 2. The SMILES string of the molecule is CN(C)CCOc1ccc2c(NC(=O)C3(N)CCC3)n[nH]c2c1. The van der Waals surface area contributed by atoms with Gasteiger partial charge in [-0.2, -0.15) is 5.10 Å². The number of aromatic amines is 1. The molecule has 23 heavy (non-hydrogen) atoms. The summed E-state index contributed by atoms with van der Waals surface area (Å²) in [5.74, 6) is 1.13. The second kappa shape index (κ2) is 6.17. The normalized spacial score (nSPS) is 16.3. The summed E-state index contributed by atoms with van der Waals surface area (Å²) in [7, 11) is 4.01. The molecule has 0 unspecified atom stereocenters. The monoisotopic (exact) mass is 317 g/mol. The van der Waals surface area contributed by atoms with Gasteiger partial charge >= 0.3 is 0 Å². The Kier molecular flexibility index (Phi) is 4.23.